The number of aromatic nitrogens is 1. The summed E-state index contributed by atoms with van der Waals surface area (Å²) < 4.78 is 5.33. The van der Waals surface area contributed by atoms with Crippen LogP contribution in [-0.4, -0.2) is 35.4 Å². The fourth-order valence-corrected chi connectivity index (χ4v) is 2.95. The Kier molecular flexibility index (Phi) is 5.53. The van der Waals surface area contributed by atoms with E-state index >= 15 is 0 Å². The number of rotatable bonds is 5. The number of carbonyl (C=O) groups excluding carboxylic acids is 1. The Morgan fingerprint density at radius 2 is 2.30 bits per heavy atom. The highest BCUT2D eigenvalue weighted by Gasteiger charge is 2.23. The molecule has 1 aliphatic heterocycles. The fourth-order valence-electron chi connectivity index (χ4n) is 2.95. The van der Waals surface area contributed by atoms with Gasteiger partial charge in [0.25, 0.3) is 0 Å². The summed E-state index contributed by atoms with van der Waals surface area (Å²) in [7, 11) is 1.65. The van der Waals surface area contributed by atoms with Gasteiger partial charge in [-0.05, 0) is 32.4 Å². The zero-order chi connectivity index (χ0) is 14.4. The second-order valence-corrected chi connectivity index (χ2v) is 5.55. The van der Waals surface area contributed by atoms with Crippen LogP contribution in [0.5, 0.6) is 5.88 Å². The standard InChI is InChI=1S/C16H24N2O2/c1-13(19)11-15-8-4-3-5-10-18(15)12-14-7-6-9-17-16(14)20-2/h6-7,9,15H,3-5,8,10-12H2,1-2H3. The molecule has 2 rings (SSSR count). The Labute approximate surface area is 121 Å². The Morgan fingerprint density at radius 1 is 1.45 bits per heavy atom. The maximum absolute atomic E-state index is 11.5. The van der Waals surface area contributed by atoms with Crippen molar-refractivity contribution in [3.63, 3.8) is 0 Å². The number of carbonyl (C=O) groups is 1. The number of pyridine rings is 1. The molecule has 1 aromatic rings. The number of likely N-dealkylation sites (tertiary alicyclic amines) is 1. The van der Waals surface area contributed by atoms with Gasteiger partial charge in [-0.15, -0.1) is 0 Å². The molecule has 0 N–H and O–H groups in total. The van der Waals surface area contributed by atoms with E-state index in [2.05, 4.69) is 16.0 Å². The third-order valence-electron chi connectivity index (χ3n) is 3.94. The van der Waals surface area contributed by atoms with Gasteiger partial charge in [-0.1, -0.05) is 18.9 Å². The molecule has 0 spiro atoms. The summed E-state index contributed by atoms with van der Waals surface area (Å²) in [5.74, 6) is 0.971. The average Bonchev–Trinajstić information content (AvgIpc) is 2.65. The van der Waals surface area contributed by atoms with E-state index in [9.17, 15) is 4.79 Å². The molecule has 0 bridgehead atoms. The largest absolute Gasteiger partial charge is 0.481 e. The van der Waals surface area contributed by atoms with Gasteiger partial charge >= 0.3 is 0 Å². The third kappa shape index (κ3) is 4.04. The van der Waals surface area contributed by atoms with Crippen molar-refractivity contribution in [2.45, 2.75) is 51.6 Å². The lowest BCUT2D eigenvalue weighted by Gasteiger charge is -2.29. The summed E-state index contributed by atoms with van der Waals surface area (Å²) in [6, 6.07) is 4.36. The Bertz CT molecular complexity index is 448. The van der Waals surface area contributed by atoms with Crippen molar-refractivity contribution in [3.05, 3.63) is 23.9 Å². The second-order valence-electron chi connectivity index (χ2n) is 5.55. The third-order valence-corrected chi connectivity index (χ3v) is 3.94. The molecule has 0 saturated carbocycles. The molecule has 4 heteroatoms. The number of hydrogen-bond donors (Lipinski definition) is 0. The Morgan fingerprint density at radius 3 is 3.05 bits per heavy atom. The van der Waals surface area contributed by atoms with Crippen LogP contribution in [0.1, 0.15) is 44.6 Å². The van der Waals surface area contributed by atoms with Crippen molar-refractivity contribution in [2.75, 3.05) is 13.7 Å². The van der Waals surface area contributed by atoms with E-state index in [4.69, 9.17) is 4.74 Å². The minimum absolute atomic E-state index is 0.278. The molecule has 0 aliphatic carbocycles. The first kappa shape index (κ1) is 15.0. The quantitative estimate of drug-likeness (QED) is 0.829. The van der Waals surface area contributed by atoms with Gasteiger partial charge in [0, 0.05) is 30.8 Å². The van der Waals surface area contributed by atoms with E-state index in [0.29, 0.717) is 18.3 Å². The highest BCUT2D eigenvalue weighted by molar-refractivity contribution is 5.76. The van der Waals surface area contributed by atoms with Crippen molar-refractivity contribution in [3.8, 4) is 5.88 Å². The van der Waals surface area contributed by atoms with Crippen LogP contribution in [0.4, 0.5) is 0 Å². The van der Waals surface area contributed by atoms with E-state index in [1.54, 1.807) is 20.2 Å². The fraction of sp³-hybridized carbons (Fsp3) is 0.625. The van der Waals surface area contributed by atoms with Gasteiger partial charge in [0.15, 0.2) is 0 Å². The first-order valence-corrected chi connectivity index (χ1v) is 7.42. The van der Waals surface area contributed by atoms with E-state index in [1.807, 2.05) is 6.07 Å². The summed E-state index contributed by atoms with van der Waals surface area (Å²) in [5, 5.41) is 0. The molecule has 0 aromatic carbocycles. The predicted molar refractivity (Wildman–Crippen MR) is 78.8 cm³/mol. The highest BCUT2D eigenvalue weighted by atomic mass is 16.5. The van der Waals surface area contributed by atoms with Gasteiger partial charge in [-0.3, -0.25) is 9.69 Å². The molecule has 20 heavy (non-hydrogen) atoms. The molecule has 4 nitrogen and oxygen atoms in total. The predicted octanol–water partition coefficient (Wildman–Crippen LogP) is 2.81. The summed E-state index contributed by atoms with van der Waals surface area (Å²) in [6.07, 6.45) is 7.20. The van der Waals surface area contributed by atoms with E-state index in [0.717, 1.165) is 25.1 Å². The van der Waals surface area contributed by atoms with Crippen LogP contribution in [0.15, 0.2) is 18.3 Å². The Balaban J connectivity index is 2.12. The smallest absolute Gasteiger partial charge is 0.217 e. The molecule has 2 heterocycles. The van der Waals surface area contributed by atoms with Crippen molar-refractivity contribution in [1.29, 1.82) is 0 Å². The first-order chi connectivity index (χ1) is 9.70. The van der Waals surface area contributed by atoms with Crippen molar-refractivity contribution in [2.24, 2.45) is 0 Å². The van der Waals surface area contributed by atoms with Gasteiger partial charge in [0.2, 0.25) is 5.88 Å². The minimum Gasteiger partial charge on any atom is -0.481 e. The SMILES string of the molecule is COc1ncccc1CN1CCCCCC1CC(C)=O. The topological polar surface area (TPSA) is 42.4 Å². The number of methoxy groups -OCH3 is 1. The van der Waals surface area contributed by atoms with Crippen LogP contribution in [-0.2, 0) is 11.3 Å². The van der Waals surface area contributed by atoms with Crippen molar-refractivity contribution < 1.29 is 9.53 Å². The molecule has 0 amide bonds. The van der Waals surface area contributed by atoms with Crippen molar-refractivity contribution in [1.82, 2.24) is 9.88 Å². The van der Waals surface area contributed by atoms with Crippen molar-refractivity contribution >= 4 is 5.78 Å². The summed E-state index contributed by atoms with van der Waals surface area (Å²) in [4.78, 5) is 18.2. The molecule has 1 saturated heterocycles. The maximum atomic E-state index is 11.5. The molecule has 110 valence electrons. The molecular formula is C16H24N2O2. The highest BCUT2D eigenvalue weighted by Crippen LogP contribution is 2.24. The number of ether oxygens (including phenoxy) is 1. The van der Waals surface area contributed by atoms with Gasteiger partial charge < -0.3 is 4.74 Å². The number of ketones is 1. The second kappa shape index (κ2) is 7.39. The lowest BCUT2D eigenvalue weighted by Crippen LogP contribution is -2.35. The van der Waals surface area contributed by atoms with Gasteiger partial charge in [0.05, 0.1) is 7.11 Å². The summed E-state index contributed by atoms with van der Waals surface area (Å²) in [5.41, 5.74) is 1.10. The molecule has 0 radical (unpaired) electrons. The van der Waals surface area contributed by atoms with Gasteiger partial charge in [-0.25, -0.2) is 4.98 Å². The van der Waals surface area contributed by atoms with Gasteiger partial charge in [0.1, 0.15) is 5.78 Å². The number of hydrogen-bond acceptors (Lipinski definition) is 4. The molecule has 1 aromatic heterocycles. The minimum atomic E-state index is 0.278. The number of nitrogens with zero attached hydrogens (tertiary/aromatic N) is 2. The number of Topliss-reactive ketones (excluding diaryl/α,β-unsaturated/α-hetero) is 1. The monoisotopic (exact) mass is 276 g/mol. The van der Waals surface area contributed by atoms with Gasteiger partial charge in [-0.2, -0.15) is 0 Å². The molecule has 1 fully saturated rings. The van der Waals surface area contributed by atoms with E-state index < -0.39 is 0 Å². The van der Waals surface area contributed by atoms with Crippen LogP contribution in [0.2, 0.25) is 0 Å². The first-order valence-electron chi connectivity index (χ1n) is 7.42. The Hall–Kier alpha value is -1.42. The van der Waals surface area contributed by atoms with Crippen LogP contribution in [0.3, 0.4) is 0 Å². The summed E-state index contributed by atoms with van der Waals surface area (Å²) in [6.45, 7) is 3.55. The molecule has 1 unspecified atom stereocenters. The van der Waals surface area contributed by atoms with E-state index in [-0.39, 0.29) is 5.78 Å². The van der Waals surface area contributed by atoms with Crippen LogP contribution in [0.25, 0.3) is 0 Å². The van der Waals surface area contributed by atoms with Crippen LogP contribution >= 0.6 is 0 Å². The molecule has 1 aliphatic rings. The summed E-state index contributed by atoms with van der Waals surface area (Å²) >= 11 is 0. The maximum Gasteiger partial charge on any atom is 0.217 e. The van der Waals surface area contributed by atoms with Crippen LogP contribution < -0.4 is 4.74 Å². The molecular weight excluding hydrogens is 252 g/mol. The molecule has 1 atom stereocenters. The van der Waals surface area contributed by atoms with E-state index in [1.165, 1.54) is 19.3 Å². The van der Waals surface area contributed by atoms with Crippen LogP contribution in [0, 0.1) is 0 Å². The zero-order valence-electron chi connectivity index (χ0n) is 12.5. The normalized spacial score (nSPS) is 20.4. The lowest BCUT2D eigenvalue weighted by molar-refractivity contribution is -0.118. The average molecular weight is 276 g/mol. The zero-order valence-corrected chi connectivity index (χ0v) is 12.5. The lowest BCUT2D eigenvalue weighted by atomic mass is 10.0.